The number of methoxy groups -OCH3 is 1. The van der Waals surface area contributed by atoms with E-state index in [0.717, 1.165) is 12.1 Å². The third kappa shape index (κ3) is 6.07. The third-order valence-corrected chi connectivity index (χ3v) is 5.71. The maximum Gasteiger partial charge on any atom is 0.252 e. The molecule has 2 amide bonds. The number of ether oxygens (including phenoxy) is 1. The second kappa shape index (κ2) is 10.8. The first-order valence-corrected chi connectivity index (χ1v) is 10.8. The van der Waals surface area contributed by atoms with Crippen molar-refractivity contribution in [3.63, 3.8) is 0 Å². The molecule has 5 nitrogen and oxygen atoms in total. The van der Waals surface area contributed by atoms with Gasteiger partial charge < -0.3 is 15.4 Å². The van der Waals surface area contributed by atoms with Crippen LogP contribution in [0.25, 0.3) is 0 Å². The molecule has 0 saturated heterocycles. The van der Waals surface area contributed by atoms with Gasteiger partial charge in [-0.15, -0.1) is 11.8 Å². The Balaban J connectivity index is 1.63. The molecule has 0 spiro atoms. The molecule has 0 aliphatic carbocycles. The van der Waals surface area contributed by atoms with Crippen molar-refractivity contribution in [3.8, 4) is 5.75 Å². The summed E-state index contributed by atoms with van der Waals surface area (Å²) in [6.07, 6.45) is 0. The van der Waals surface area contributed by atoms with Crippen LogP contribution in [0, 0.1) is 11.6 Å². The van der Waals surface area contributed by atoms with Gasteiger partial charge in [0.2, 0.25) is 5.91 Å². The number of halogens is 2. The summed E-state index contributed by atoms with van der Waals surface area (Å²) in [4.78, 5) is 25.8. The van der Waals surface area contributed by atoms with E-state index in [4.69, 9.17) is 4.74 Å². The van der Waals surface area contributed by atoms with Gasteiger partial charge in [0.05, 0.1) is 24.5 Å². The van der Waals surface area contributed by atoms with Crippen molar-refractivity contribution in [3.05, 3.63) is 89.5 Å². The molecule has 0 aromatic heterocycles. The van der Waals surface area contributed by atoms with Gasteiger partial charge in [-0.2, -0.15) is 0 Å². The molecule has 2 N–H and O–H groups in total. The van der Waals surface area contributed by atoms with Crippen molar-refractivity contribution in [1.29, 1.82) is 0 Å². The molecule has 0 aliphatic heterocycles. The van der Waals surface area contributed by atoms with E-state index in [1.807, 2.05) is 0 Å². The largest absolute Gasteiger partial charge is 0.497 e. The first-order valence-electron chi connectivity index (χ1n) is 9.79. The van der Waals surface area contributed by atoms with Gasteiger partial charge in [-0.25, -0.2) is 8.78 Å². The highest BCUT2D eigenvalue weighted by Gasteiger charge is 2.17. The Labute approximate surface area is 189 Å². The first kappa shape index (κ1) is 23.3. The minimum absolute atomic E-state index is 0.0975. The summed E-state index contributed by atoms with van der Waals surface area (Å²) in [5.74, 6) is -1.79. The van der Waals surface area contributed by atoms with Crippen molar-refractivity contribution in [1.82, 2.24) is 5.32 Å². The zero-order valence-corrected chi connectivity index (χ0v) is 18.3. The van der Waals surface area contributed by atoms with Gasteiger partial charge in [-0.3, -0.25) is 9.59 Å². The maximum absolute atomic E-state index is 13.5. The van der Waals surface area contributed by atoms with Gasteiger partial charge in [-0.05, 0) is 48.9 Å². The monoisotopic (exact) mass is 456 g/mol. The molecule has 1 atom stereocenters. The second-order valence-corrected chi connectivity index (χ2v) is 7.95. The Kier molecular flexibility index (Phi) is 7.83. The Hall–Kier alpha value is -3.39. The van der Waals surface area contributed by atoms with Crippen molar-refractivity contribution < 1.29 is 23.1 Å². The Bertz CT molecular complexity index is 1120. The van der Waals surface area contributed by atoms with E-state index in [1.54, 1.807) is 62.6 Å². The maximum atomic E-state index is 13.5. The average molecular weight is 457 g/mol. The lowest BCUT2D eigenvalue weighted by Gasteiger charge is -2.16. The van der Waals surface area contributed by atoms with Crippen LogP contribution < -0.4 is 15.4 Å². The van der Waals surface area contributed by atoms with Crippen molar-refractivity contribution >= 4 is 29.3 Å². The van der Waals surface area contributed by atoms with Crippen LogP contribution >= 0.6 is 11.8 Å². The molecule has 3 aromatic carbocycles. The number of benzene rings is 3. The molecule has 166 valence electrons. The van der Waals surface area contributed by atoms with Crippen LogP contribution in [-0.4, -0.2) is 24.7 Å². The van der Waals surface area contributed by atoms with E-state index in [9.17, 15) is 18.4 Å². The van der Waals surface area contributed by atoms with Crippen molar-refractivity contribution in [2.24, 2.45) is 0 Å². The molecular formula is C24H22F2N2O3S. The van der Waals surface area contributed by atoms with E-state index >= 15 is 0 Å². The summed E-state index contributed by atoms with van der Waals surface area (Å²) < 4.78 is 31.8. The van der Waals surface area contributed by atoms with E-state index < -0.39 is 17.7 Å². The predicted molar refractivity (Wildman–Crippen MR) is 121 cm³/mol. The topological polar surface area (TPSA) is 67.4 Å². The van der Waals surface area contributed by atoms with Gasteiger partial charge >= 0.3 is 0 Å². The van der Waals surface area contributed by atoms with Gasteiger partial charge in [-0.1, -0.05) is 24.3 Å². The number of nitrogens with one attached hydrogen (secondary N) is 2. The highest BCUT2D eigenvalue weighted by Crippen LogP contribution is 2.25. The number of thioether (sulfide) groups is 1. The zero-order valence-electron chi connectivity index (χ0n) is 17.5. The number of carbonyl (C=O) groups excluding carboxylic acids is 2. The normalized spacial score (nSPS) is 11.5. The summed E-state index contributed by atoms with van der Waals surface area (Å²) in [7, 11) is 1.55. The van der Waals surface area contributed by atoms with Crippen LogP contribution in [0.2, 0.25) is 0 Å². The van der Waals surface area contributed by atoms with Crippen molar-refractivity contribution in [2.45, 2.75) is 17.9 Å². The molecule has 0 radical (unpaired) electrons. The molecule has 0 aliphatic rings. The molecule has 32 heavy (non-hydrogen) atoms. The standard InChI is InChI=1S/C24H22F2N2O3S/c1-15(16-10-11-20(25)21(26)12-16)27-24(30)19-8-3-4-9-22(19)32-14-23(29)28-17-6-5-7-18(13-17)31-2/h3-13,15H,14H2,1-2H3,(H,27,30)(H,28,29). The average Bonchev–Trinajstić information content (AvgIpc) is 2.79. The van der Waals surface area contributed by atoms with Crippen LogP contribution in [0.15, 0.2) is 71.6 Å². The van der Waals surface area contributed by atoms with E-state index in [1.165, 1.54) is 17.8 Å². The molecule has 0 bridgehead atoms. The number of amides is 2. The number of anilines is 1. The van der Waals surface area contributed by atoms with Crippen LogP contribution in [0.4, 0.5) is 14.5 Å². The van der Waals surface area contributed by atoms with Gasteiger partial charge in [0.15, 0.2) is 11.6 Å². The summed E-state index contributed by atoms with van der Waals surface area (Å²) in [6, 6.07) is 16.9. The number of hydrogen-bond donors (Lipinski definition) is 2. The summed E-state index contributed by atoms with van der Waals surface area (Å²) >= 11 is 1.23. The summed E-state index contributed by atoms with van der Waals surface area (Å²) in [6.45, 7) is 1.68. The molecule has 8 heteroatoms. The Morgan fingerprint density at radius 2 is 1.78 bits per heavy atom. The first-order chi connectivity index (χ1) is 15.4. The lowest BCUT2D eigenvalue weighted by atomic mass is 10.1. The fraction of sp³-hybridized carbons (Fsp3) is 0.167. The number of carbonyl (C=O) groups is 2. The smallest absolute Gasteiger partial charge is 0.252 e. The third-order valence-electron chi connectivity index (χ3n) is 4.64. The van der Waals surface area contributed by atoms with Crippen LogP contribution in [-0.2, 0) is 4.79 Å². The zero-order chi connectivity index (χ0) is 23.1. The second-order valence-electron chi connectivity index (χ2n) is 6.93. The van der Waals surface area contributed by atoms with Crippen LogP contribution in [0.1, 0.15) is 28.9 Å². The van der Waals surface area contributed by atoms with Crippen molar-refractivity contribution in [2.75, 3.05) is 18.2 Å². The fourth-order valence-corrected chi connectivity index (χ4v) is 3.81. The summed E-state index contributed by atoms with van der Waals surface area (Å²) in [5.41, 5.74) is 1.45. The summed E-state index contributed by atoms with van der Waals surface area (Å²) in [5, 5.41) is 5.58. The molecule has 3 aromatic rings. The van der Waals surface area contributed by atoms with Crippen LogP contribution in [0.3, 0.4) is 0 Å². The number of hydrogen-bond acceptors (Lipinski definition) is 4. The fourth-order valence-electron chi connectivity index (χ4n) is 2.96. The molecular weight excluding hydrogens is 434 g/mol. The Morgan fingerprint density at radius 1 is 1.00 bits per heavy atom. The highest BCUT2D eigenvalue weighted by atomic mass is 32.2. The minimum Gasteiger partial charge on any atom is -0.497 e. The van der Waals surface area contributed by atoms with E-state index in [2.05, 4.69) is 10.6 Å². The minimum atomic E-state index is -0.971. The molecule has 3 rings (SSSR count). The van der Waals surface area contributed by atoms with E-state index in [0.29, 0.717) is 27.5 Å². The highest BCUT2D eigenvalue weighted by molar-refractivity contribution is 8.00. The van der Waals surface area contributed by atoms with Gasteiger partial charge in [0, 0.05) is 16.6 Å². The number of rotatable bonds is 8. The van der Waals surface area contributed by atoms with Gasteiger partial charge in [0.1, 0.15) is 5.75 Å². The van der Waals surface area contributed by atoms with E-state index in [-0.39, 0.29) is 17.6 Å². The molecule has 0 saturated carbocycles. The predicted octanol–water partition coefficient (Wildman–Crippen LogP) is 5.20. The lowest BCUT2D eigenvalue weighted by molar-refractivity contribution is -0.113. The van der Waals surface area contributed by atoms with Gasteiger partial charge in [0.25, 0.3) is 5.91 Å². The molecule has 1 unspecified atom stereocenters. The SMILES string of the molecule is COc1cccc(NC(=O)CSc2ccccc2C(=O)NC(C)c2ccc(F)c(F)c2)c1. The molecule has 0 heterocycles. The quantitative estimate of drug-likeness (QED) is 0.458. The lowest BCUT2D eigenvalue weighted by Crippen LogP contribution is -2.27. The molecule has 0 fully saturated rings. The van der Waals surface area contributed by atoms with Crippen LogP contribution in [0.5, 0.6) is 5.75 Å². The Morgan fingerprint density at radius 3 is 2.53 bits per heavy atom.